The number of benzene rings is 1. The summed E-state index contributed by atoms with van der Waals surface area (Å²) < 4.78 is 16.7. The summed E-state index contributed by atoms with van der Waals surface area (Å²) in [6, 6.07) is 3.23. The molecule has 0 spiro atoms. The fourth-order valence-electron chi connectivity index (χ4n) is 6.21. The normalized spacial score (nSPS) is 22.5. The van der Waals surface area contributed by atoms with Crippen molar-refractivity contribution in [2.75, 3.05) is 59.7 Å². The van der Waals surface area contributed by atoms with Gasteiger partial charge >= 0.3 is 5.97 Å². The van der Waals surface area contributed by atoms with Gasteiger partial charge in [-0.3, -0.25) is 19.3 Å². The smallest absolute Gasteiger partial charge is 0.308 e. The third-order valence-corrected chi connectivity index (χ3v) is 8.36. The van der Waals surface area contributed by atoms with Gasteiger partial charge in [0.05, 0.1) is 19.6 Å². The monoisotopic (exact) mass is 560 g/mol. The minimum Gasteiger partial charge on any atom is -0.493 e. The van der Waals surface area contributed by atoms with E-state index >= 15 is 0 Å². The predicted octanol–water partition coefficient (Wildman–Crippen LogP) is 2.27. The van der Waals surface area contributed by atoms with E-state index in [0.717, 1.165) is 31.2 Å². The van der Waals surface area contributed by atoms with Crippen molar-refractivity contribution in [3.05, 3.63) is 17.7 Å². The van der Waals surface area contributed by atoms with Crippen molar-refractivity contribution in [3.8, 4) is 17.2 Å². The summed E-state index contributed by atoms with van der Waals surface area (Å²) in [5.74, 6) is -0.470. The van der Waals surface area contributed by atoms with Gasteiger partial charge in [-0.05, 0) is 56.3 Å². The van der Waals surface area contributed by atoms with E-state index in [-0.39, 0.29) is 25.2 Å². The van der Waals surface area contributed by atoms with Crippen LogP contribution in [0.3, 0.4) is 0 Å². The van der Waals surface area contributed by atoms with E-state index in [9.17, 15) is 19.5 Å². The van der Waals surface area contributed by atoms with Crippen LogP contribution in [-0.4, -0.2) is 103 Å². The number of methoxy groups -OCH3 is 1. The molecule has 3 unspecified atom stereocenters. The van der Waals surface area contributed by atoms with Crippen molar-refractivity contribution in [1.82, 2.24) is 14.7 Å². The number of carbonyl (C=O) groups excluding carboxylic acids is 2. The van der Waals surface area contributed by atoms with Crippen LogP contribution in [0.1, 0.15) is 63.4 Å². The maximum atomic E-state index is 13.6. The Morgan fingerprint density at radius 3 is 2.70 bits per heavy atom. The average molecular weight is 561 g/mol. The number of fused-ring (bicyclic) bond motifs is 1. The van der Waals surface area contributed by atoms with E-state index in [1.54, 1.807) is 7.11 Å². The topological polar surface area (TPSA) is 135 Å². The van der Waals surface area contributed by atoms with Crippen LogP contribution in [0.15, 0.2) is 12.1 Å². The summed E-state index contributed by atoms with van der Waals surface area (Å²) in [6.45, 7) is 5.58. The standard InChI is InChI=1S/C29H44N4O7/c1-3-4-11-31(13-7-10-30)26(35)18-33-17-21(20-15-23(38-2)28-24(16-20)39-19-40-28)27(29(36)37)22(33)9-14-32-12-6-5-8-25(32)34/h15-16,21-22,27H,3-14,17-19,30H2,1-2H3,(H,36,37). The number of aliphatic carboxylic acids is 1. The minimum absolute atomic E-state index is 0.0194. The van der Waals surface area contributed by atoms with Crippen LogP contribution in [0.2, 0.25) is 0 Å². The first kappa shape index (κ1) is 29.9. The van der Waals surface area contributed by atoms with Gasteiger partial charge < -0.3 is 34.9 Å². The zero-order valence-corrected chi connectivity index (χ0v) is 23.8. The lowest BCUT2D eigenvalue weighted by atomic mass is 9.84. The third-order valence-electron chi connectivity index (χ3n) is 8.36. The fraction of sp³-hybridized carbons (Fsp3) is 0.690. The molecule has 0 radical (unpaired) electrons. The molecule has 2 fully saturated rings. The number of nitrogens with zero attached hydrogens (tertiary/aromatic N) is 3. The summed E-state index contributed by atoms with van der Waals surface area (Å²) in [7, 11) is 1.54. The van der Waals surface area contributed by atoms with Crippen molar-refractivity contribution in [2.45, 2.75) is 63.8 Å². The molecule has 3 N–H and O–H groups in total. The maximum absolute atomic E-state index is 13.6. The molecule has 0 saturated carbocycles. The van der Waals surface area contributed by atoms with E-state index in [1.807, 2.05) is 26.8 Å². The molecule has 3 aliphatic heterocycles. The van der Waals surface area contributed by atoms with Gasteiger partial charge in [-0.2, -0.15) is 0 Å². The Hall–Kier alpha value is -3.05. The van der Waals surface area contributed by atoms with Crippen molar-refractivity contribution in [2.24, 2.45) is 11.7 Å². The van der Waals surface area contributed by atoms with Crippen molar-refractivity contribution in [1.29, 1.82) is 0 Å². The van der Waals surface area contributed by atoms with Crippen molar-refractivity contribution < 1.29 is 33.7 Å². The molecule has 222 valence electrons. The van der Waals surface area contributed by atoms with Gasteiger partial charge in [0, 0.05) is 51.1 Å². The van der Waals surface area contributed by atoms with Gasteiger partial charge in [0.15, 0.2) is 11.5 Å². The molecule has 0 aromatic heterocycles. The maximum Gasteiger partial charge on any atom is 0.308 e. The van der Waals surface area contributed by atoms with Crippen LogP contribution in [-0.2, 0) is 14.4 Å². The minimum atomic E-state index is -0.919. The number of unbranched alkanes of at least 4 members (excludes halogenated alkanes) is 1. The van der Waals surface area contributed by atoms with E-state index in [4.69, 9.17) is 19.9 Å². The molecule has 1 aromatic rings. The van der Waals surface area contributed by atoms with Crippen LogP contribution in [0, 0.1) is 5.92 Å². The third kappa shape index (κ3) is 6.80. The average Bonchev–Trinajstić information content (AvgIpc) is 3.57. The van der Waals surface area contributed by atoms with E-state index in [0.29, 0.717) is 75.8 Å². The number of hydrogen-bond donors (Lipinski definition) is 2. The van der Waals surface area contributed by atoms with Gasteiger partial charge in [0.2, 0.25) is 24.4 Å². The van der Waals surface area contributed by atoms with Gasteiger partial charge in [-0.25, -0.2) is 0 Å². The molecule has 2 amide bonds. The number of nitrogens with two attached hydrogens (primary N) is 1. The van der Waals surface area contributed by atoms with Crippen molar-refractivity contribution in [3.63, 3.8) is 0 Å². The van der Waals surface area contributed by atoms with Crippen LogP contribution in [0.5, 0.6) is 17.2 Å². The van der Waals surface area contributed by atoms with E-state index < -0.39 is 23.8 Å². The highest BCUT2D eigenvalue weighted by Crippen LogP contribution is 2.47. The molecule has 4 rings (SSSR count). The lowest BCUT2D eigenvalue weighted by Gasteiger charge is -2.32. The molecular weight excluding hydrogens is 516 g/mol. The van der Waals surface area contributed by atoms with Crippen molar-refractivity contribution >= 4 is 17.8 Å². The highest BCUT2D eigenvalue weighted by molar-refractivity contribution is 5.79. The Morgan fingerprint density at radius 2 is 2.00 bits per heavy atom. The van der Waals surface area contributed by atoms with Gasteiger partial charge in [0.25, 0.3) is 0 Å². The summed E-state index contributed by atoms with van der Waals surface area (Å²) in [5, 5.41) is 10.5. The number of rotatable bonds is 14. The molecule has 11 nitrogen and oxygen atoms in total. The number of carboxylic acid groups (broad SMARTS) is 1. The second-order valence-electron chi connectivity index (χ2n) is 10.9. The molecule has 0 bridgehead atoms. The second-order valence-corrected chi connectivity index (χ2v) is 10.9. The summed E-state index contributed by atoms with van der Waals surface area (Å²) in [6.07, 6.45) is 5.43. The van der Waals surface area contributed by atoms with Crippen LogP contribution in [0.4, 0.5) is 0 Å². The number of amides is 2. The Morgan fingerprint density at radius 1 is 1.20 bits per heavy atom. The number of carboxylic acids is 1. The highest BCUT2D eigenvalue weighted by Gasteiger charge is 2.48. The number of piperidine rings is 1. The van der Waals surface area contributed by atoms with Crippen LogP contribution in [0.25, 0.3) is 0 Å². The highest BCUT2D eigenvalue weighted by atomic mass is 16.7. The first-order valence-corrected chi connectivity index (χ1v) is 14.6. The number of carbonyl (C=O) groups is 3. The zero-order valence-electron chi connectivity index (χ0n) is 23.8. The number of ether oxygens (including phenoxy) is 3. The van der Waals surface area contributed by atoms with Gasteiger partial charge in [-0.15, -0.1) is 0 Å². The summed E-state index contributed by atoms with van der Waals surface area (Å²) in [5.41, 5.74) is 6.51. The molecule has 11 heteroatoms. The summed E-state index contributed by atoms with van der Waals surface area (Å²) >= 11 is 0. The van der Waals surface area contributed by atoms with Crippen LogP contribution < -0.4 is 19.9 Å². The Labute approximate surface area is 236 Å². The molecule has 40 heavy (non-hydrogen) atoms. The number of hydrogen-bond acceptors (Lipinski definition) is 8. The van der Waals surface area contributed by atoms with Gasteiger partial charge in [0.1, 0.15) is 0 Å². The first-order valence-electron chi connectivity index (χ1n) is 14.6. The molecular formula is C29H44N4O7. The second kappa shape index (κ2) is 14.0. The lowest BCUT2D eigenvalue weighted by Crippen LogP contribution is -2.46. The quantitative estimate of drug-likeness (QED) is 0.351. The Balaban J connectivity index is 1.62. The van der Waals surface area contributed by atoms with E-state index in [2.05, 4.69) is 6.92 Å². The largest absolute Gasteiger partial charge is 0.493 e. The lowest BCUT2D eigenvalue weighted by molar-refractivity contribution is -0.144. The fourth-order valence-corrected chi connectivity index (χ4v) is 6.21. The predicted molar refractivity (Wildman–Crippen MR) is 149 cm³/mol. The summed E-state index contributed by atoms with van der Waals surface area (Å²) in [4.78, 5) is 44.6. The van der Waals surface area contributed by atoms with Gasteiger partial charge in [-0.1, -0.05) is 13.3 Å². The molecule has 2 saturated heterocycles. The first-order chi connectivity index (χ1) is 19.4. The molecule has 0 aliphatic carbocycles. The van der Waals surface area contributed by atoms with E-state index in [1.165, 1.54) is 0 Å². The molecule has 3 heterocycles. The molecule has 1 aromatic carbocycles. The van der Waals surface area contributed by atoms with Crippen LogP contribution >= 0.6 is 0 Å². The zero-order chi connectivity index (χ0) is 28.6. The molecule has 3 aliphatic rings. The number of likely N-dealkylation sites (tertiary alicyclic amines) is 2. The Kier molecular flexibility index (Phi) is 10.5. The molecule has 3 atom stereocenters. The SMILES string of the molecule is CCCCN(CCCN)C(=O)CN1CC(c2cc(OC)c3c(c2)OCO3)C(C(=O)O)C1CCN1CCCCC1=O. The Bertz CT molecular complexity index is 1040.